The zero-order valence-corrected chi connectivity index (χ0v) is 11.3. The van der Waals surface area contributed by atoms with E-state index in [9.17, 15) is 4.79 Å². The van der Waals surface area contributed by atoms with Gasteiger partial charge in [0.15, 0.2) is 0 Å². The third-order valence-electron chi connectivity index (χ3n) is 2.49. The summed E-state index contributed by atoms with van der Waals surface area (Å²) >= 11 is 0. The van der Waals surface area contributed by atoms with Crippen LogP contribution in [0.5, 0.6) is 0 Å². The number of hydrogen-bond donors (Lipinski definition) is 2. The summed E-state index contributed by atoms with van der Waals surface area (Å²) in [7, 11) is 1.60. The second-order valence-corrected chi connectivity index (χ2v) is 4.34. The van der Waals surface area contributed by atoms with Gasteiger partial charge in [-0.15, -0.1) is 0 Å². The Morgan fingerprint density at radius 1 is 1.53 bits per heavy atom. The lowest BCUT2D eigenvalue weighted by Crippen LogP contribution is -2.40. The number of nitrogens with one attached hydrogen (secondary N) is 2. The molecule has 1 aromatic carbocycles. The Bertz CT molecular complexity index is 454. The van der Waals surface area contributed by atoms with E-state index in [4.69, 9.17) is 10.00 Å². The second kappa shape index (κ2) is 8.25. The van der Waals surface area contributed by atoms with Gasteiger partial charge in [0, 0.05) is 19.7 Å². The van der Waals surface area contributed by atoms with Gasteiger partial charge in [-0.05, 0) is 24.6 Å². The number of benzene rings is 1. The Balaban J connectivity index is 2.30. The van der Waals surface area contributed by atoms with E-state index in [0.717, 1.165) is 5.56 Å². The molecule has 0 heterocycles. The zero-order valence-electron chi connectivity index (χ0n) is 11.3. The van der Waals surface area contributed by atoms with Crippen molar-refractivity contribution in [3.63, 3.8) is 0 Å². The number of ether oxygens (including phenoxy) is 1. The molecule has 0 aromatic heterocycles. The summed E-state index contributed by atoms with van der Waals surface area (Å²) in [5.74, 6) is -0.0685. The van der Waals surface area contributed by atoms with Crippen LogP contribution in [0.25, 0.3) is 0 Å². The zero-order chi connectivity index (χ0) is 14.1. The number of hydrogen-bond acceptors (Lipinski definition) is 4. The van der Waals surface area contributed by atoms with Gasteiger partial charge in [0.05, 0.1) is 24.8 Å². The maximum Gasteiger partial charge on any atom is 0.234 e. The summed E-state index contributed by atoms with van der Waals surface area (Å²) < 4.78 is 4.94. The Labute approximate surface area is 113 Å². The Morgan fingerprint density at radius 3 is 3.00 bits per heavy atom. The highest BCUT2D eigenvalue weighted by molar-refractivity contribution is 5.78. The van der Waals surface area contributed by atoms with Gasteiger partial charge in [-0.25, -0.2) is 0 Å². The summed E-state index contributed by atoms with van der Waals surface area (Å²) in [6.07, 6.45) is 0. The van der Waals surface area contributed by atoms with Crippen molar-refractivity contribution in [1.82, 2.24) is 10.6 Å². The van der Waals surface area contributed by atoms with Crippen LogP contribution >= 0.6 is 0 Å². The molecule has 102 valence electrons. The van der Waals surface area contributed by atoms with E-state index in [1.54, 1.807) is 19.2 Å². The number of nitriles is 1. The number of rotatable bonds is 7. The standard InChI is InChI=1S/C14H19N3O2/c1-11(10-19-2)17-14(18)9-16-8-13-5-3-4-12(6-13)7-15/h3-6,11,16H,8-10H2,1-2H3,(H,17,18). The second-order valence-electron chi connectivity index (χ2n) is 4.34. The molecule has 19 heavy (non-hydrogen) atoms. The summed E-state index contributed by atoms with van der Waals surface area (Å²) in [4.78, 5) is 11.6. The minimum absolute atomic E-state index is 0.00113. The number of carbonyl (C=O) groups is 1. The van der Waals surface area contributed by atoms with Crippen molar-refractivity contribution in [2.45, 2.75) is 19.5 Å². The average molecular weight is 261 g/mol. The van der Waals surface area contributed by atoms with Crippen LogP contribution in [0, 0.1) is 11.3 Å². The van der Waals surface area contributed by atoms with E-state index in [1.165, 1.54) is 0 Å². The highest BCUT2D eigenvalue weighted by atomic mass is 16.5. The molecule has 0 aliphatic rings. The first kappa shape index (κ1) is 15.2. The molecule has 1 amide bonds. The Morgan fingerprint density at radius 2 is 2.32 bits per heavy atom. The Hall–Kier alpha value is -1.90. The molecule has 0 spiro atoms. The van der Waals surface area contributed by atoms with E-state index in [0.29, 0.717) is 18.7 Å². The largest absolute Gasteiger partial charge is 0.383 e. The van der Waals surface area contributed by atoms with E-state index < -0.39 is 0 Å². The fraction of sp³-hybridized carbons (Fsp3) is 0.429. The van der Waals surface area contributed by atoms with Crippen LogP contribution in [-0.4, -0.2) is 32.2 Å². The van der Waals surface area contributed by atoms with Gasteiger partial charge in [0.1, 0.15) is 0 Å². The van der Waals surface area contributed by atoms with Crippen LogP contribution in [0.1, 0.15) is 18.1 Å². The molecule has 5 heteroatoms. The molecule has 2 N–H and O–H groups in total. The highest BCUT2D eigenvalue weighted by Crippen LogP contribution is 2.03. The molecule has 0 saturated carbocycles. The van der Waals surface area contributed by atoms with E-state index in [1.807, 2.05) is 19.1 Å². The van der Waals surface area contributed by atoms with Gasteiger partial charge in [-0.2, -0.15) is 5.26 Å². The van der Waals surface area contributed by atoms with E-state index >= 15 is 0 Å². The molecule has 1 unspecified atom stereocenters. The van der Waals surface area contributed by atoms with Gasteiger partial charge in [-0.3, -0.25) is 4.79 Å². The monoisotopic (exact) mass is 261 g/mol. The maximum absolute atomic E-state index is 11.6. The molecule has 0 fully saturated rings. The quantitative estimate of drug-likeness (QED) is 0.761. The summed E-state index contributed by atoms with van der Waals surface area (Å²) in [5.41, 5.74) is 1.61. The number of amides is 1. The lowest BCUT2D eigenvalue weighted by molar-refractivity contribution is -0.121. The molecular weight excluding hydrogens is 242 g/mol. The van der Waals surface area contributed by atoms with Crippen LogP contribution in [0.3, 0.4) is 0 Å². The molecule has 0 aliphatic heterocycles. The molecule has 1 atom stereocenters. The van der Waals surface area contributed by atoms with Gasteiger partial charge < -0.3 is 15.4 Å². The summed E-state index contributed by atoms with van der Waals surface area (Å²) in [5, 5.41) is 14.6. The first-order chi connectivity index (χ1) is 9.15. The first-order valence-electron chi connectivity index (χ1n) is 6.13. The van der Waals surface area contributed by atoms with Crippen molar-refractivity contribution in [3.8, 4) is 6.07 Å². The maximum atomic E-state index is 11.6. The van der Waals surface area contributed by atoms with E-state index in [-0.39, 0.29) is 18.5 Å². The van der Waals surface area contributed by atoms with Crippen molar-refractivity contribution in [2.24, 2.45) is 0 Å². The van der Waals surface area contributed by atoms with Crippen LogP contribution < -0.4 is 10.6 Å². The molecule has 0 bridgehead atoms. The third kappa shape index (κ3) is 6.00. The lowest BCUT2D eigenvalue weighted by atomic mass is 10.1. The van der Waals surface area contributed by atoms with Crippen molar-refractivity contribution in [2.75, 3.05) is 20.3 Å². The fourth-order valence-electron chi connectivity index (χ4n) is 1.69. The minimum atomic E-state index is -0.0685. The highest BCUT2D eigenvalue weighted by Gasteiger charge is 2.06. The number of nitrogens with zero attached hydrogens (tertiary/aromatic N) is 1. The van der Waals surface area contributed by atoms with Crippen LogP contribution in [0.15, 0.2) is 24.3 Å². The van der Waals surface area contributed by atoms with Crippen molar-refractivity contribution < 1.29 is 9.53 Å². The van der Waals surface area contributed by atoms with Gasteiger partial charge in [0.25, 0.3) is 0 Å². The van der Waals surface area contributed by atoms with Gasteiger partial charge in [0.2, 0.25) is 5.91 Å². The first-order valence-corrected chi connectivity index (χ1v) is 6.13. The lowest BCUT2D eigenvalue weighted by Gasteiger charge is -2.13. The minimum Gasteiger partial charge on any atom is -0.383 e. The van der Waals surface area contributed by atoms with Gasteiger partial charge in [-0.1, -0.05) is 12.1 Å². The number of methoxy groups -OCH3 is 1. The molecule has 0 aliphatic carbocycles. The Kier molecular flexibility index (Phi) is 6.58. The smallest absolute Gasteiger partial charge is 0.234 e. The molecular formula is C14H19N3O2. The van der Waals surface area contributed by atoms with Gasteiger partial charge >= 0.3 is 0 Å². The molecule has 0 saturated heterocycles. The fourth-order valence-corrected chi connectivity index (χ4v) is 1.69. The predicted molar refractivity (Wildman–Crippen MR) is 72.3 cm³/mol. The van der Waals surface area contributed by atoms with Crippen LogP contribution in [-0.2, 0) is 16.1 Å². The SMILES string of the molecule is COCC(C)NC(=O)CNCc1cccc(C#N)c1. The molecule has 5 nitrogen and oxygen atoms in total. The molecule has 1 rings (SSSR count). The van der Waals surface area contributed by atoms with Crippen molar-refractivity contribution in [3.05, 3.63) is 35.4 Å². The predicted octanol–water partition coefficient (Wildman–Crippen LogP) is 0.799. The molecule has 1 aromatic rings. The number of carbonyl (C=O) groups excluding carboxylic acids is 1. The van der Waals surface area contributed by atoms with E-state index in [2.05, 4.69) is 16.7 Å². The topological polar surface area (TPSA) is 74.2 Å². The average Bonchev–Trinajstić information content (AvgIpc) is 2.39. The van der Waals surface area contributed by atoms with Crippen LogP contribution in [0.2, 0.25) is 0 Å². The normalized spacial score (nSPS) is 11.6. The molecule has 0 radical (unpaired) electrons. The van der Waals surface area contributed by atoms with Crippen LogP contribution in [0.4, 0.5) is 0 Å². The van der Waals surface area contributed by atoms with Crippen molar-refractivity contribution >= 4 is 5.91 Å². The third-order valence-corrected chi connectivity index (χ3v) is 2.49. The van der Waals surface area contributed by atoms with Crippen molar-refractivity contribution in [1.29, 1.82) is 5.26 Å². The summed E-state index contributed by atoms with van der Waals surface area (Å²) in [6, 6.07) is 9.39. The summed E-state index contributed by atoms with van der Waals surface area (Å²) in [6.45, 7) is 3.18.